The topological polar surface area (TPSA) is 47.0 Å². The fourth-order valence-corrected chi connectivity index (χ4v) is 4.03. The predicted octanol–water partition coefficient (Wildman–Crippen LogP) is 3.26. The molecule has 1 aromatic heterocycles. The van der Waals surface area contributed by atoms with E-state index in [1.165, 1.54) is 11.3 Å². The van der Waals surface area contributed by atoms with E-state index in [2.05, 4.69) is 34.8 Å². The molecule has 0 N–H and O–H groups in total. The van der Waals surface area contributed by atoms with Gasteiger partial charge in [-0.05, 0) is 28.3 Å². The lowest BCUT2D eigenvalue weighted by atomic mass is 10.1. The molecule has 0 saturated heterocycles. The second-order valence-corrected chi connectivity index (χ2v) is 8.56. The van der Waals surface area contributed by atoms with Crippen LogP contribution in [-0.2, 0) is 15.6 Å². The Morgan fingerprint density at radius 1 is 1.50 bits per heavy atom. The van der Waals surface area contributed by atoms with Crippen LogP contribution in [0.1, 0.15) is 32.4 Å². The Labute approximate surface area is 109 Å². The molecule has 1 rings (SSSR count). The van der Waals surface area contributed by atoms with Crippen molar-refractivity contribution in [3.05, 3.63) is 15.0 Å². The Kier molecular flexibility index (Phi) is 5.40. The lowest BCUT2D eigenvalue weighted by Crippen LogP contribution is -2.10. The van der Waals surface area contributed by atoms with E-state index in [0.29, 0.717) is 11.6 Å². The Balaban J connectivity index is 2.50. The third kappa shape index (κ3) is 4.93. The number of sulfone groups is 1. The summed E-state index contributed by atoms with van der Waals surface area (Å²) in [6.45, 7) is 4.20. The lowest BCUT2D eigenvalue weighted by molar-refractivity contribution is 0.559. The van der Waals surface area contributed by atoms with Crippen LogP contribution >= 0.6 is 27.3 Å². The standard InChI is InChI=1S/C10H16BrNO2S2/c1-8(2)4-3-5-16(13,14)6-9-10(11)15-7-12-9/h7-8H,3-6H2,1-2H3. The highest BCUT2D eigenvalue weighted by atomic mass is 79.9. The Morgan fingerprint density at radius 2 is 2.19 bits per heavy atom. The maximum absolute atomic E-state index is 11.8. The molecule has 0 aliphatic carbocycles. The van der Waals surface area contributed by atoms with E-state index in [1.54, 1.807) is 5.51 Å². The molecule has 0 bridgehead atoms. The van der Waals surface area contributed by atoms with Gasteiger partial charge in [0.25, 0.3) is 0 Å². The Bertz CT molecular complexity index is 426. The van der Waals surface area contributed by atoms with Crippen LogP contribution in [0.15, 0.2) is 9.30 Å². The van der Waals surface area contributed by atoms with Crippen molar-refractivity contribution in [2.75, 3.05) is 5.75 Å². The van der Waals surface area contributed by atoms with Crippen molar-refractivity contribution in [2.24, 2.45) is 5.92 Å². The van der Waals surface area contributed by atoms with Crippen molar-refractivity contribution < 1.29 is 8.42 Å². The average molecular weight is 326 g/mol. The van der Waals surface area contributed by atoms with Crippen LogP contribution < -0.4 is 0 Å². The van der Waals surface area contributed by atoms with Gasteiger partial charge in [0.1, 0.15) is 0 Å². The van der Waals surface area contributed by atoms with Crippen LogP contribution in [0, 0.1) is 5.92 Å². The first kappa shape index (κ1) is 14.1. The summed E-state index contributed by atoms with van der Waals surface area (Å²) in [6.07, 6.45) is 1.69. The van der Waals surface area contributed by atoms with Gasteiger partial charge >= 0.3 is 0 Å². The van der Waals surface area contributed by atoms with Gasteiger partial charge in [-0.25, -0.2) is 13.4 Å². The van der Waals surface area contributed by atoms with Crippen molar-refractivity contribution in [2.45, 2.75) is 32.4 Å². The molecule has 16 heavy (non-hydrogen) atoms. The van der Waals surface area contributed by atoms with Gasteiger partial charge in [0.05, 0.1) is 26.5 Å². The minimum Gasteiger partial charge on any atom is -0.247 e. The van der Waals surface area contributed by atoms with Crippen LogP contribution in [0.5, 0.6) is 0 Å². The minimum absolute atomic E-state index is 0.0508. The summed E-state index contributed by atoms with van der Waals surface area (Å²) in [5.74, 6) is 0.867. The second-order valence-electron chi connectivity index (χ2n) is 4.20. The highest BCUT2D eigenvalue weighted by Gasteiger charge is 2.15. The predicted molar refractivity (Wildman–Crippen MR) is 71.4 cm³/mol. The van der Waals surface area contributed by atoms with Crippen molar-refractivity contribution in [3.63, 3.8) is 0 Å². The van der Waals surface area contributed by atoms with E-state index < -0.39 is 9.84 Å². The molecule has 1 aromatic rings. The molecule has 0 aliphatic rings. The number of thiazole rings is 1. The zero-order valence-corrected chi connectivity index (χ0v) is 12.7. The first-order valence-electron chi connectivity index (χ1n) is 5.19. The molecule has 92 valence electrons. The summed E-state index contributed by atoms with van der Waals surface area (Å²) in [5, 5.41) is 0. The number of hydrogen-bond donors (Lipinski definition) is 0. The largest absolute Gasteiger partial charge is 0.247 e. The van der Waals surface area contributed by atoms with Crippen molar-refractivity contribution in [3.8, 4) is 0 Å². The van der Waals surface area contributed by atoms with E-state index in [1.807, 2.05) is 0 Å². The van der Waals surface area contributed by atoms with E-state index >= 15 is 0 Å². The van der Waals surface area contributed by atoms with Crippen molar-refractivity contribution in [1.82, 2.24) is 4.98 Å². The molecular formula is C10H16BrNO2S2. The first-order valence-corrected chi connectivity index (χ1v) is 8.68. The molecule has 0 amide bonds. The molecule has 0 unspecified atom stereocenters. The monoisotopic (exact) mass is 325 g/mol. The van der Waals surface area contributed by atoms with Gasteiger partial charge in [0, 0.05) is 0 Å². The van der Waals surface area contributed by atoms with Crippen molar-refractivity contribution >= 4 is 37.1 Å². The van der Waals surface area contributed by atoms with Gasteiger partial charge in [-0.15, -0.1) is 11.3 Å². The van der Waals surface area contributed by atoms with Gasteiger partial charge in [-0.3, -0.25) is 0 Å². The summed E-state index contributed by atoms with van der Waals surface area (Å²) >= 11 is 4.72. The molecule has 0 spiro atoms. The smallest absolute Gasteiger partial charge is 0.156 e. The van der Waals surface area contributed by atoms with Crippen LogP contribution in [0.4, 0.5) is 0 Å². The molecule has 0 radical (unpaired) electrons. The molecular weight excluding hydrogens is 310 g/mol. The van der Waals surface area contributed by atoms with Crippen LogP contribution in [0.3, 0.4) is 0 Å². The maximum atomic E-state index is 11.8. The zero-order chi connectivity index (χ0) is 12.2. The Hall–Kier alpha value is 0.0600. The summed E-state index contributed by atoms with van der Waals surface area (Å²) in [6, 6.07) is 0. The lowest BCUT2D eigenvalue weighted by Gasteiger charge is -2.05. The fourth-order valence-electron chi connectivity index (χ4n) is 1.34. The van der Waals surface area contributed by atoms with Gasteiger partial charge in [-0.1, -0.05) is 20.3 Å². The molecule has 0 atom stereocenters. The molecule has 3 nitrogen and oxygen atoms in total. The van der Waals surface area contributed by atoms with E-state index in [9.17, 15) is 8.42 Å². The number of aromatic nitrogens is 1. The van der Waals surface area contributed by atoms with E-state index in [0.717, 1.165) is 16.6 Å². The van der Waals surface area contributed by atoms with Gasteiger partial charge < -0.3 is 0 Å². The first-order chi connectivity index (χ1) is 7.41. The summed E-state index contributed by atoms with van der Waals surface area (Å²) in [5.41, 5.74) is 2.29. The van der Waals surface area contributed by atoms with Gasteiger partial charge in [0.2, 0.25) is 0 Å². The van der Waals surface area contributed by atoms with Crippen LogP contribution in [0.25, 0.3) is 0 Å². The molecule has 0 saturated carbocycles. The maximum Gasteiger partial charge on any atom is 0.156 e. The fraction of sp³-hybridized carbons (Fsp3) is 0.700. The summed E-state index contributed by atoms with van der Waals surface area (Å²) < 4.78 is 24.4. The molecule has 0 fully saturated rings. The number of hydrogen-bond acceptors (Lipinski definition) is 4. The third-order valence-corrected chi connectivity index (χ3v) is 5.48. The summed E-state index contributed by atoms with van der Waals surface area (Å²) in [7, 11) is -3.01. The summed E-state index contributed by atoms with van der Waals surface area (Å²) in [4.78, 5) is 4.04. The second kappa shape index (κ2) is 6.12. The van der Waals surface area contributed by atoms with Gasteiger partial charge in [0.15, 0.2) is 9.84 Å². The SMILES string of the molecule is CC(C)CCCS(=O)(=O)Cc1ncsc1Br. The Morgan fingerprint density at radius 3 is 2.69 bits per heavy atom. The van der Waals surface area contributed by atoms with Gasteiger partial charge in [-0.2, -0.15) is 0 Å². The number of halogens is 1. The highest BCUT2D eigenvalue weighted by Crippen LogP contribution is 2.22. The quantitative estimate of drug-likeness (QED) is 0.806. The van der Waals surface area contributed by atoms with Crippen LogP contribution in [-0.4, -0.2) is 19.2 Å². The number of rotatable bonds is 6. The van der Waals surface area contributed by atoms with E-state index in [4.69, 9.17) is 0 Å². The van der Waals surface area contributed by atoms with Crippen molar-refractivity contribution in [1.29, 1.82) is 0 Å². The van der Waals surface area contributed by atoms with Crippen LogP contribution in [0.2, 0.25) is 0 Å². The minimum atomic E-state index is -3.01. The third-order valence-electron chi connectivity index (χ3n) is 2.19. The van der Waals surface area contributed by atoms with E-state index in [-0.39, 0.29) is 11.5 Å². The molecule has 6 heteroatoms. The molecule has 1 heterocycles. The number of nitrogens with zero attached hydrogens (tertiary/aromatic N) is 1. The molecule has 0 aliphatic heterocycles. The normalized spacial score (nSPS) is 12.2. The highest BCUT2D eigenvalue weighted by molar-refractivity contribution is 9.11. The molecule has 0 aromatic carbocycles. The zero-order valence-electron chi connectivity index (χ0n) is 9.44. The average Bonchev–Trinajstić information content (AvgIpc) is 2.50.